The summed E-state index contributed by atoms with van der Waals surface area (Å²) < 4.78 is 11.0. The van der Waals surface area contributed by atoms with Crippen LogP contribution < -0.4 is 9.47 Å². The van der Waals surface area contributed by atoms with Crippen LogP contribution in [-0.4, -0.2) is 48.2 Å². The quantitative estimate of drug-likeness (QED) is 0.858. The van der Waals surface area contributed by atoms with Crippen molar-refractivity contribution in [3.05, 3.63) is 23.8 Å². The first-order valence-electron chi connectivity index (χ1n) is 7.48. The third kappa shape index (κ3) is 4.51. The number of halogens is 1. The third-order valence-corrected chi connectivity index (χ3v) is 3.62. The standard InChI is InChI=1S/C16H21NO5.ClH/c1-3-21-13-6-5-11(9-14(13)22-4-2)15(18)17-8-7-12(10-17)16(19)20;/h5-6,9,12H,3-4,7-8,10H2,1-2H3,(H,19,20);1H. The predicted molar refractivity (Wildman–Crippen MR) is 87.7 cm³/mol. The summed E-state index contributed by atoms with van der Waals surface area (Å²) in [6.45, 7) is 5.45. The molecule has 1 aliphatic heterocycles. The molecule has 1 N–H and O–H groups in total. The topological polar surface area (TPSA) is 76.1 Å². The van der Waals surface area contributed by atoms with Gasteiger partial charge in [-0.1, -0.05) is 0 Å². The van der Waals surface area contributed by atoms with E-state index in [1.165, 1.54) is 0 Å². The number of amides is 1. The number of carbonyl (C=O) groups is 2. The Balaban J connectivity index is 0.00000264. The van der Waals surface area contributed by atoms with Crippen LogP contribution in [0.3, 0.4) is 0 Å². The number of benzene rings is 1. The highest BCUT2D eigenvalue weighted by atomic mass is 35.5. The molecule has 1 aromatic carbocycles. The van der Waals surface area contributed by atoms with Gasteiger partial charge in [0.05, 0.1) is 19.1 Å². The molecule has 0 aromatic heterocycles. The number of rotatable bonds is 6. The minimum absolute atomic E-state index is 0. The van der Waals surface area contributed by atoms with Gasteiger partial charge in [-0.2, -0.15) is 0 Å². The summed E-state index contributed by atoms with van der Waals surface area (Å²) in [5.41, 5.74) is 0.484. The average molecular weight is 344 g/mol. The molecule has 1 aliphatic rings. The lowest BCUT2D eigenvalue weighted by atomic mass is 10.1. The molecule has 1 atom stereocenters. The first-order chi connectivity index (χ1) is 10.6. The minimum atomic E-state index is -0.850. The van der Waals surface area contributed by atoms with Gasteiger partial charge < -0.3 is 19.5 Å². The first-order valence-corrected chi connectivity index (χ1v) is 7.48. The van der Waals surface area contributed by atoms with E-state index in [1.54, 1.807) is 23.1 Å². The SMILES string of the molecule is CCOc1ccc(C(=O)N2CCC(C(=O)O)C2)cc1OCC.Cl. The van der Waals surface area contributed by atoms with E-state index in [2.05, 4.69) is 0 Å². The zero-order valence-electron chi connectivity index (χ0n) is 13.3. The predicted octanol–water partition coefficient (Wildman–Crippen LogP) is 2.45. The number of carbonyl (C=O) groups excluding carboxylic acids is 1. The zero-order valence-corrected chi connectivity index (χ0v) is 14.1. The Morgan fingerprint density at radius 2 is 1.87 bits per heavy atom. The van der Waals surface area contributed by atoms with Gasteiger partial charge in [-0.25, -0.2) is 0 Å². The number of carboxylic acid groups (broad SMARTS) is 1. The fraction of sp³-hybridized carbons (Fsp3) is 0.500. The molecule has 0 bridgehead atoms. The largest absolute Gasteiger partial charge is 0.490 e. The lowest BCUT2D eigenvalue weighted by Crippen LogP contribution is -2.29. The Kier molecular flexibility index (Phi) is 7.16. The molecule has 6 nitrogen and oxygen atoms in total. The number of hydrogen-bond acceptors (Lipinski definition) is 4. The monoisotopic (exact) mass is 343 g/mol. The Bertz CT molecular complexity index is 563. The Hall–Kier alpha value is -1.95. The van der Waals surface area contributed by atoms with Crippen molar-refractivity contribution in [2.75, 3.05) is 26.3 Å². The second-order valence-corrected chi connectivity index (χ2v) is 5.10. The number of carboxylic acids is 1. The van der Waals surface area contributed by atoms with Crippen LogP contribution in [-0.2, 0) is 4.79 Å². The number of nitrogens with zero attached hydrogens (tertiary/aromatic N) is 1. The van der Waals surface area contributed by atoms with Crippen molar-refractivity contribution < 1.29 is 24.2 Å². The molecule has 128 valence electrons. The summed E-state index contributed by atoms with van der Waals surface area (Å²) in [6.07, 6.45) is 0.496. The summed E-state index contributed by atoms with van der Waals surface area (Å²) in [5.74, 6) is -0.363. The molecule has 0 saturated carbocycles. The maximum Gasteiger partial charge on any atom is 0.308 e. The van der Waals surface area contributed by atoms with Crippen molar-refractivity contribution in [1.82, 2.24) is 4.90 Å². The van der Waals surface area contributed by atoms with Crippen LogP contribution >= 0.6 is 12.4 Å². The van der Waals surface area contributed by atoms with Gasteiger partial charge in [-0.15, -0.1) is 12.4 Å². The summed E-state index contributed by atoms with van der Waals surface area (Å²) in [7, 11) is 0. The van der Waals surface area contributed by atoms with Gasteiger partial charge in [0.25, 0.3) is 5.91 Å². The zero-order chi connectivity index (χ0) is 16.1. The molecule has 0 radical (unpaired) electrons. The smallest absolute Gasteiger partial charge is 0.308 e. The van der Waals surface area contributed by atoms with Gasteiger partial charge in [0.1, 0.15) is 0 Å². The van der Waals surface area contributed by atoms with Crippen LogP contribution in [0.4, 0.5) is 0 Å². The molecule has 0 aliphatic carbocycles. The lowest BCUT2D eigenvalue weighted by molar-refractivity contribution is -0.141. The van der Waals surface area contributed by atoms with Crippen molar-refractivity contribution in [2.45, 2.75) is 20.3 Å². The van der Waals surface area contributed by atoms with Gasteiger partial charge in [0, 0.05) is 18.7 Å². The van der Waals surface area contributed by atoms with Gasteiger partial charge in [-0.05, 0) is 38.5 Å². The molecular formula is C16H22ClNO5. The number of ether oxygens (including phenoxy) is 2. The maximum atomic E-state index is 12.5. The molecule has 1 fully saturated rings. The highest BCUT2D eigenvalue weighted by molar-refractivity contribution is 5.95. The molecule has 1 aromatic rings. The molecule has 1 saturated heterocycles. The minimum Gasteiger partial charge on any atom is -0.490 e. The van der Waals surface area contributed by atoms with Crippen LogP contribution in [0.15, 0.2) is 18.2 Å². The van der Waals surface area contributed by atoms with E-state index in [0.717, 1.165) is 0 Å². The number of aliphatic carboxylic acids is 1. The first kappa shape index (κ1) is 19.1. The second-order valence-electron chi connectivity index (χ2n) is 5.10. The molecule has 1 unspecified atom stereocenters. The van der Waals surface area contributed by atoms with Gasteiger partial charge in [-0.3, -0.25) is 9.59 Å². The highest BCUT2D eigenvalue weighted by Crippen LogP contribution is 2.29. The van der Waals surface area contributed by atoms with Crippen molar-refractivity contribution in [1.29, 1.82) is 0 Å². The molecular weight excluding hydrogens is 322 g/mol. The van der Waals surface area contributed by atoms with Crippen LogP contribution in [0, 0.1) is 5.92 Å². The maximum absolute atomic E-state index is 12.5. The van der Waals surface area contributed by atoms with E-state index in [1.807, 2.05) is 13.8 Å². The van der Waals surface area contributed by atoms with Crippen LogP contribution in [0.5, 0.6) is 11.5 Å². The summed E-state index contributed by atoms with van der Waals surface area (Å²) >= 11 is 0. The van der Waals surface area contributed by atoms with Crippen molar-refractivity contribution in [3.63, 3.8) is 0 Å². The summed E-state index contributed by atoms with van der Waals surface area (Å²) in [4.78, 5) is 25.0. The van der Waals surface area contributed by atoms with E-state index in [9.17, 15) is 9.59 Å². The second kappa shape index (κ2) is 8.62. The Morgan fingerprint density at radius 3 is 2.43 bits per heavy atom. The molecule has 7 heteroatoms. The van der Waals surface area contributed by atoms with E-state index < -0.39 is 11.9 Å². The van der Waals surface area contributed by atoms with Crippen molar-refractivity contribution in [3.8, 4) is 11.5 Å². The molecule has 1 heterocycles. The number of likely N-dealkylation sites (tertiary alicyclic amines) is 1. The molecule has 2 rings (SSSR count). The fourth-order valence-corrected chi connectivity index (χ4v) is 2.51. The Morgan fingerprint density at radius 1 is 1.22 bits per heavy atom. The molecule has 1 amide bonds. The highest BCUT2D eigenvalue weighted by Gasteiger charge is 2.31. The van der Waals surface area contributed by atoms with Crippen molar-refractivity contribution >= 4 is 24.3 Å². The van der Waals surface area contributed by atoms with E-state index in [0.29, 0.717) is 43.2 Å². The van der Waals surface area contributed by atoms with Crippen LogP contribution in [0.1, 0.15) is 30.6 Å². The molecule has 0 spiro atoms. The summed E-state index contributed by atoms with van der Waals surface area (Å²) in [6, 6.07) is 5.06. The van der Waals surface area contributed by atoms with Gasteiger partial charge in [0.15, 0.2) is 11.5 Å². The normalized spacial score (nSPS) is 16.6. The lowest BCUT2D eigenvalue weighted by Gasteiger charge is -2.17. The van der Waals surface area contributed by atoms with Gasteiger partial charge >= 0.3 is 5.97 Å². The van der Waals surface area contributed by atoms with Crippen LogP contribution in [0.25, 0.3) is 0 Å². The average Bonchev–Trinajstić information content (AvgIpc) is 2.99. The molecule has 23 heavy (non-hydrogen) atoms. The Labute approximate surface area is 141 Å². The summed E-state index contributed by atoms with van der Waals surface area (Å²) in [5, 5.41) is 9.02. The van der Waals surface area contributed by atoms with E-state index in [-0.39, 0.29) is 24.9 Å². The fourth-order valence-electron chi connectivity index (χ4n) is 2.51. The number of hydrogen-bond donors (Lipinski definition) is 1. The van der Waals surface area contributed by atoms with E-state index >= 15 is 0 Å². The van der Waals surface area contributed by atoms with Crippen LogP contribution in [0.2, 0.25) is 0 Å². The van der Waals surface area contributed by atoms with E-state index in [4.69, 9.17) is 14.6 Å². The third-order valence-electron chi connectivity index (χ3n) is 3.62. The van der Waals surface area contributed by atoms with Crippen molar-refractivity contribution in [2.24, 2.45) is 5.92 Å². The van der Waals surface area contributed by atoms with Gasteiger partial charge in [0.2, 0.25) is 0 Å².